The van der Waals surface area contributed by atoms with E-state index >= 15 is 4.39 Å². The summed E-state index contributed by atoms with van der Waals surface area (Å²) in [5.41, 5.74) is 5.45. The van der Waals surface area contributed by atoms with Crippen molar-refractivity contribution in [3.63, 3.8) is 0 Å². The van der Waals surface area contributed by atoms with Crippen molar-refractivity contribution in [3.8, 4) is 11.3 Å². The van der Waals surface area contributed by atoms with Crippen LogP contribution in [0.4, 0.5) is 4.39 Å². The van der Waals surface area contributed by atoms with Gasteiger partial charge in [0, 0.05) is 33.3 Å². The largest absolute Gasteiger partial charge is 0.455 e. The molecule has 5 rings (SSSR count). The van der Waals surface area contributed by atoms with Crippen molar-refractivity contribution in [1.82, 2.24) is 4.98 Å². The first kappa shape index (κ1) is 18.8. The molecule has 0 bridgehead atoms. The number of aromatic nitrogens is 1. The van der Waals surface area contributed by atoms with Gasteiger partial charge in [0.2, 0.25) is 0 Å². The molecule has 5 aromatic rings. The number of fused-ring (bicyclic) bond motifs is 4. The first-order chi connectivity index (χ1) is 14.6. The maximum absolute atomic E-state index is 15.1. The Balaban J connectivity index is 1.88. The number of rotatable bonds is 4. The summed E-state index contributed by atoms with van der Waals surface area (Å²) in [7, 11) is 0. The summed E-state index contributed by atoms with van der Waals surface area (Å²) in [5, 5.41) is 3.67. The zero-order valence-electron chi connectivity index (χ0n) is 17.5. The monoisotopic (exact) mass is 397 g/mol. The lowest BCUT2D eigenvalue weighted by atomic mass is 9.89. The molecule has 0 fully saturated rings. The van der Waals surface area contributed by atoms with Gasteiger partial charge >= 0.3 is 0 Å². The molecular formula is C27H24FNO. The van der Waals surface area contributed by atoms with Crippen LogP contribution in [0.2, 0.25) is 0 Å². The summed E-state index contributed by atoms with van der Waals surface area (Å²) >= 11 is 0. The highest BCUT2D eigenvalue weighted by molar-refractivity contribution is 6.12. The number of nitrogens with zero attached hydrogens (tertiary/aromatic N) is 1. The van der Waals surface area contributed by atoms with Crippen LogP contribution >= 0.6 is 0 Å². The van der Waals surface area contributed by atoms with E-state index in [4.69, 9.17) is 9.40 Å². The predicted molar refractivity (Wildman–Crippen MR) is 122 cm³/mol. The van der Waals surface area contributed by atoms with Crippen molar-refractivity contribution >= 4 is 32.7 Å². The Morgan fingerprint density at radius 2 is 1.70 bits per heavy atom. The van der Waals surface area contributed by atoms with Gasteiger partial charge in [-0.05, 0) is 61.1 Å². The third-order valence-corrected chi connectivity index (χ3v) is 6.19. The van der Waals surface area contributed by atoms with Crippen LogP contribution in [0.25, 0.3) is 44.0 Å². The van der Waals surface area contributed by atoms with E-state index in [9.17, 15) is 0 Å². The normalized spacial score (nSPS) is 11.9. The van der Waals surface area contributed by atoms with Gasteiger partial charge in [0.05, 0.1) is 5.69 Å². The molecule has 0 spiro atoms. The van der Waals surface area contributed by atoms with Crippen molar-refractivity contribution in [2.45, 2.75) is 39.5 Å². The molecule has 0 unspecified atom stereocenters. The van der Waals surface area contributed by atoms with Crippen LogP contribution < -0.4 is 0 Å². The lowest BCUT2D eigenvalue weighted by Crippen LogP contribution is -2.01. The summed E-state index contributed by atoms with van der Waals surface area (Å²) in [6, 6.07) is 17.6. The summed E-state index contributed by atoms with van der Waals surface area (Å²) in [5.74, 6) is 0.0984. The minimum absolute atomic E-state index is 0.188. The smallest absolute Gasteiger partial charge is 0.144 e. The molecule has 3 aromatic carbocycles. The molecule has 0 N–H and O–H groups in total. The molecule has 30 heavy (non-hydrogen) atoms. The first-order valence-corrected chi connectivity index (χ1v) is 10.6. The molecule has 0 aliphatic rings. The second kappa shape index (κ2) is 7.24. The zero-order valence-corrected chi connectivity index (χ0v) is 17.5. The summed E-state index contributed by atoms with van der Waals surface area (Å²) < 4.78 is 21.3. The molecule has 2 heterocycles. The Kier molecular flexibility index (Phi) is 4.54. The minimum atomic E-state index is -0.188. The lowest BCUT2D eigenvalue weighted by Gasteiger charge is -2.18. The summed E-state index contributed by atoms with van der Waals surface area (Å²) in [6.45, 7) is 6.37. The maximum atomic E-state index is 15.1. The number of benzene rings is 3. The van der Waals surface area contributed by atoms with Crippen molar-refractivity contribution in [3.05, 3.63) is 77.7 Å². The third-order valence-electron chi connectivity index (χ3n) is 6.19. The van der Waals surface area contributed by atoms with Gasteiger partial charge in [0.25, 0.3) is 0 Å². The van der Waals surface area contributed by atoms with E-state index in [0.717, 1.165) is 62.6 Å². The van der Waals surface area contributed by atoms with Crippen LogP contribution in [0.5, 0.6) is 0 Å². The van der Waals surface area contributed by atoms with E-state index in [0.29, 0.717) is 5.39 Å². The maximum Gasteiger partial charge on any atom is 0.144 e. The highest BCUT2D eigenvalue weighted by Crippen LogP contribution is 2.40. The third kappa shape index (κ3) is 2.80. The van der Waals surface area contributed by atoms with Crippen LogP contribution in [-0.4, -0.2) is 4.98 Å². The fraction of sp³-hybridized carbons (Fsp3) is 0.222. The van der Waals surface area contributed by atoms with Gasteiger partial charge < -0.3 is 4.42 Å². The number of para-hydroxylation sites is 1. The van der Waals surface area contributed by atoms with E-state index in [1.165, 1.54) is 0 Å². The highest BCUT2D eigenvalue weighted by atomic mass is 19.1. The number of hydrogen-bond donors (Lipinski definition) is 0. The van der Waals surface area contributed by atoms with E-state index in [2.05, 4.69) is 39.0 Å². The standard InChI is InChI=1S/C27H24FNO/c1-4-17(5-2)22-15-29-26(19-10-8-11-23(28)25(19)22)21-14-16(3)13-20-18-9-6-7-12-24(18)30-27(20)21/h6-15,17H,4-5H2,1-3H3. The lowest BCUT2D eigenvalue weighted by molar-refractivity contribution is 0.621. The van der Waals surface area contributed by atoms with Crippen molar-refractivity contribution in [2.75, 3.05) is 0 Å². The highest BCUT2D eigenvalue weighted by Gasteiger charge is 2.20. The van der Waals surface area contributed by atoms with Crippen LogP contribution in [0, 0.1) is 12.7 Å². The van der Waals surface area contributed by atoms with Gasteiger partial charge in [-0.1, -0.05) is 44.2 Å². The van der Waals surface area contributed by atoms with Gasteiger partial charge in [-0.15, -0.1) is 0 Å². The van der Waals surface area contributed by atoms with Crippen LogP contribution in [0.3, 0.4) is 0 Å². The van der Waals surface area contributed by atoms with Gasteiger partial charge in [-0.3, -0.25) is 4.98 Å². The summed E-state index contributed by atoms with van der Waals surface area (Å²) in [6.07, 6.45) is 3.79. The molecule has 0 atom stereocenters. The summed E-state index contributed by atoms with van der Waals surface area (Å²) in [4.78, 5) is 4.87. The molecule has 0 radical (unpaired) electrons. The second-order valence-corrected chi connectivity index (χ2v) is 8.03. The Morgan fingerprint density at radius 3 is 2.50 bits per heavy atom. The Hall–Kier alpha value is -3.20. The molecule has 3 heteroatoms. The number of aryl methyl sites for hydroxylation is 1. The average molecular weight is 397 g/mol. The van der Waals surface area contributed by atoms with Gasteiger partial charge in [0.1, 0.15) is 17.0 Å². The topological polar surface area (TPSA) is 26.0 Å². The molecule has 0 saturated carbocycles. The molecule has 2 nitrogen and oxygen atoms in total. The van der Waals surface area contributed by atoms with Gasteiger partial charge in [0.15, 0.2) is 0 Å². The van der Waals surface area contributed by atoms with Crippen molar-refractivity contribution in [2.24, 2.45) is 0 Å². The van der Waals surface area contributed by atoms with Gasteiger partial charge in [-0.25, -0.2) is 4.39 Å². The Labute approximate surface area is 175 Å². The average Bonchev–Trinajstić information content (AvgIpc) is 3.13. The zero-order chi connectivity index (χ0) is 20.8. The SMILES string of the molecule is CCC(CC)c1cnc(-c2cc(C)cc3c2oc2ccccc23)c2cccc(F)c12. The number of hydrogen-bond acceptors (Lipinski definition) is 2. The fourth-order valence-corrected chi connectivity index (χ4v) is 4.68. The molecule has 0 amide bonds. The number of pyridine rings is 1. The number of furan rings is 1. The second-order valence-electron chi connectivity index (χ2n) is 8.03. The fourth-order valence-electron chi connectivity index (χ4n) is 4.68. The van der Waals surface area contributed by atoms with E-state index in [-0.39, 0.29) is 11.7 Å². The van der Waals surface area contributed by atoms with Crippen molar-refractivity contribution < 1.29 is 8.81 Å². The quantitative estimate of drug-likeness (QED) is 0.306. The van der Waals surface area contributed by atoms with Crippen LogP contribution in [0.15, 0.2) is 65.2 Å². The minimum Gasteiger partial charge on any atom is -0.455 e. The first-order valence-electron chi connectivity index (χ1n) is 10.6. The van der Waals surface area contributed by atoms with E-state index in [1.807, 2.05) is 30.5 Å². The Morgan fingerprint density at radius 1 is 0.933 bits per heavy atom. The number of halogens is 1. The molecule has 150 valence electrons. The van der Waals surface area contributed by atoms with E-state index < -0.39 is 0 Å². The molecule has 0 aliphatic heterocycles. The Bertz CT molecular complexity index is 1390. The molecule has 0 aliphatic carbocycles. The van der Waals surface area contributed by atoms with E-state index in [1.54, 1.807) is 12.1 Å². The van der Waals surface area contributed by atoms with Crippen LogP contribution in [-0.2, 0) is 0 Å². The van der Waals surface area contributed by atoms with Crippen molar-refractivity contribution in [1.29, 1.82) is 0 Å². The van der Waals surface area contributed by atoms with Gasteiger partial charge in [-0.2, -0.15) is 0 Å². The predicted octanol–water partition coefficient (Wildman–Crippen LogP) is 8.15. The van der Waals surface area contributed by atoms with Crippen LogP contribution in [0.1, 0.15) is 43.7 Å². The molecular weight excluding hydrogens is 373 g/mol. The molecule has 2 aromatic heterocycles. The molecule has 0 saturated heterocycles.